The van der Waals surface area contributed by atoms with E-state index in [1.54, 1.807) is 18.1 Å². The Labute approximate surface area is 161 Å². The van der Waals surface area contributed by atoms with Gasteiger partial charge in [-0.05, 0) is 42.3 Å². The van der Waals surface area contributed by atoms with E-state index in [4.69, 9.17) is 4.74 Å². The molecule has 0 spiro atoms. The number of amides is 1. The Morgan fingerprint density at radius 2 is 2.00 bits per heavy atom. The molecule has 3 atom stereocenters. The van der Waals surface area contributed by atoms with Gasteiger partial charge < -0.3 is 14.5 Å². The summed E-state index contributed by atoms with van der Waals surface area (Å²) in [5.41, 5.74) is 4.69. The number of methoxy groups -OCH3 is 1. The predicted molar refractivity (Wildman–Crippen MR) is 108 cm³/mol. The van der Waals surface area contributed by atoms with Crippen LogP contribution in [0.3, 0.4) is 0 Å². The number of ether oxygens (including phenoxy) is 1. The number of carbonyl (C=O) groups is 1. The van der Waals surface area contributed by atoms with Crippen LogP contribution in [0.25, 0.3) is 6.08 Å². The third-order valence-electron chi connectivity index (χ3n) is 5.85. The highest BCUT2D eigenvalue weighted by Gasteiger charge is 2.45. The maximum atomic E-state index is 13.1. The van der Waals surface area contributed by atoms with Gasteiger partial charge in [0.15, 0.2) is 0 Å². The second-order valence-corrected chi connectivity index (χ2v) is 7.75. The molecule has 2 aromatic rings. The van der Waals surface area contributed by atoms with Gasteiger partial charge in [-0.3, -0.25) is 4.79 Å². The number of fused-ring (bicyclic) bond motifs is 3. The number of hydrogen-bond acceptors (Lipinski definition) is 2. The number of nitrogens with zero attached hydrogens (tertiary/aromatic N) is 1. The van der Waals surface area contributed by atoms with Crippen molar-refractivity contribution in [2.75, 3.05) is 32.1 Å². The fourth-order valence-electron chi connectivity index (χ4n) is 4.45. The molecule has 4 rings (SSSR count). The average molecular weight is 363 g/mol. The van der Waals surface area contributed by atoms with E-state index in [0.717, 1.165) is 36.5 Å². The fraction of sp³-hybridized carbons (Fsp3) is 0.348. The lowest BCUT2D eigenvalue weighted by Gasteiger charge is -2.34. The summed E-state index contributed by atoms with van der Waals surface area (Å²) >= 11 is 0. The third-order valence-corrected chi connectivity index (χ3v) is 5.85. The summed E-state index contributed by atoms with van der Waals surface area (Å²) in [4.78, 5) is 16.7. The molecule has 1 unspecified atom stereocenters. The number of piperidine rings is 1. The number of anilines is 1. The van der Waals surface area contributed by atoms with Crippen molar-refractivity contribution in [3.05, 3.63) is 65.2 Å². The van der Waals surface area contributed by atoms with Gasteiger partial charge in [0.25, 0.3) is 5.91 Å². The zero-order valence-corrected chi connectivity index (χ0v) is 16.2. The molecule has 2 heterocycles. The molecule has 1 fully saturated rings. The van der Waals surface area contributed by atoms with Crippen LogP contribution in [0.2, 0.25) is 0 Å². The number of nitrogens with one attached hydrogen (secondary N) is 1. The van der Waals surface area contributed by atoms with Crippen LogP contribution in [0.5, 0.6) is 5.75 Å². The molecule has 2 aliphatic rings. The summed E-state index contributed by atoms with van der Waals surface area (Å²) in [6.07, 6.45) is 4.65. The molecule has 2 aromatic carbocycles. The molecular weight excluding hydrogens is 336 g/mol. The summed E-state index contributed by atoms with van der Waals surface area (Å²) in [7, 11) is 3.90. The second kappa shape index (κ2) is 7.20. The van der Waals surface area contributed by atoms with Gasteiger partial charge >= 0.3 is 0 Å². The number of benzene rings is 2. The van der Waals surface area contributed by atoms with Gasteiger partial charge in [-0.15, -0.1) is 0 Å². The molecular formula is C23H27N2O2+. The lowest BCUT2D eigenvalue weighted by atomic mass is 9.89. The van der Waals surface area contributed by atoms with E-state index in [1.807, 2.05) is 35.2 Å². The fourth-order valence-corrected chi connectivity index (χ4v) is 4.45. The molecule has 27 heavy (non-hydrogen) atoms. The first-order valence-electron chi connectivity index (χ1n) is 9.64. The van der Waals surface area contributed by atoms with Gasteiger partial charge in [0, 0.05) is 18.2 Å². The van der Waals surface area contributed by atoms with Crippen molar-refractivity contribution in [1.82, 2.24) is 0 Å². The van der Waals surface area contributed by atoms with Crippen molar-refractivity contribution in [2.24, 2.45) is 0 Å². The standard InChI is InChI=1S/C23H26N2O2/c1-16-4-10-21-19(14-16)20-15-24(2)13-12-22(20)25(21)23(26)11-7-17-5-8-18(27-3)9-6-17/h4-11,14,20,22H,12-13,15H2,1-3H3/p+1/b11-7+/t20-,22-/m0/s1. The Morgan fingerprint density at radius 3 is 2.74 bits per heavy atom. The van der Waals surface area contributed by atoms with Crippen LogP contribution in [0.1, 0.15) is 29.0 Å². The van der Waals surface area contributed by atoms with Gasteiger partial charge in [0.2, 0.25) is 0 Å². The number of likely N-dealkylation sites (N-methyl/N-ethyl adjacent to an activating group) is 1. The molecule has 4 nitrogen and oxygen atoms in total. The quantitative estimate of drug-likeness (QED) is 0.850. The van der Waals surface area contributed by atoms with E-state index in [2.05, 4.69) is 32.2 Å². The van der Waals surface area contributed by atoms with Crippen molar-refractivity contribution in [3.63, 3.8) is 0 Å². The number of rotatable bonds is 3. The van der Waals surface area contributed by atoms with E-state index in [0.29, 0.717) is 5.92 Å². The third kappa shape index (κ3) is 3.37. The van der Waals surface area contributed by atoms with E-state index >= 15 is 0 Å². The number of carbonyl (C=O) groups excluding carboxylic acids is 1. The lowest BCUT2D eigenvalue weighted by molar-refractivity contribution is -0.886. The van der Waals surface area contributed by atoms with Crippen LogP contribution < -0.4 is 14.5 Å². The highest BCUT2D eigenvalue weighted by atomic mass is 16.5. The van der Waals surface area contributed by atoms with E-state index < -0.39 is 0 Å². The largest absolute Gasteiger partial charge is 0.497 e. The monoisotopic (exact) mass is 363 g/mol. The first-order valence-corrected chi connectivity index (χ1v) is 9.64. The summed E-state index contributed by atoms with van der Waals surface area (Å²) in [5.74, 6) is 1.33. The van der Waals surface area contributed by atoms with Gasteiger partial charge in [-0.2, -0.15) is 0 Å². The zero-order chi connectivity index (χ0) is 19.0. The smallest absolute Gasteiger partial charge is 0.251 e. The first kappa shape index (κ1) is 17.8. The molecule has 4 heteroatoms. The van der Waals surface area contributed by atoms with Crippen LogP contribution in [-0.2, 0) is 4.79 Å². The Kier molecular flexibility index (Phi) is 4.75. The topological polar surface area (TPSA) is 34.0 Å². The minimum absolute atomic E-state index is 0.0722. The summed E-state index contributed by atoms with van der Waals surface area (Å²) in [5, 5.41) is 0. The van der Waals surface area contributed by atoms with Crippen LogP contribution in [0.4, 0.5) is 5.69 Å². The Balaban J connectivity index is 1.61. The maximum Gasteiger partial charge on any atom is 0.251 e. The Morgan fingerprint density at radius 1 is 1.22 bits per heavy atom. The lowest BCUT2D eigenvalue weighted by Crippen LogP contribution is -3.11. The van der Waals surface area contributed by atoms with Crippen molar-refractivity contribution in [3.8, 4) is 5.75 Å². The molecule has 1 N–H and O–H groups in total. The van der Waals surface area contributed by atoms with Crippen LogP contribution in [0, 0.1) is 6.92 Å². The zero-order valence-electron chi connectivity index (χ0n) is 16.2. The molecule has 0 bridgehead atoms. The number of quaternary nitrogens is 1. The normalized spacial score (nSPS) is 24.0. The molecule has 0 saturated carbocycles. The number of hydrogen-bond donors (Lipinski definition) is 1. The molecule has 140 valence electrons. The van der Waals surface area contributed by atoms with Gasteiger partial charge in [0.05, 0.1) is 39.2 Å². The number of likely N-dealkylation sites (tertiary alicyclic amines) is 1. The van der Waals surface area contributed by atoms with Crippen LogP contribution in [-0.4, -0.2) is 39.2 Å². The van der Waals surface area contributed by atoms with Gasteiger partial charge in [-0.25, -0.2) is 0 Å². The average Bonchev–Trinajstić information content (AvgIpc) is 2.99. The van der Waals surface area contributed by atoms with E-state index in [-0.39, 0.29) is 11.9 Å². The highest BCUT2D eigenvalue weighted by Crippen LogP contribution is 2.43. The first-order chi connectivity index (χ1) is 13.1. The van der Waals surface area contributed by atoms with Crippen LogP contribution >= 0.6 is 0 Å². The molecule has 0 aliphatic carbocycles. The van der Waals surface area contributed by atoms with Gasteiger partial charge in [-0.1, -0.05) is 29.8 Å². The Bertz CT molecular complexity index is 872. The SMILES string of the molecule is COc1ccc(/C=C/C(=O)N2c3ccc(C)cc3[C@@H]3C[NH+](C)CC[C@@H]32)cc1. The maximum absolute atomic E-state index is 13.1. The van der Waals surface area contributed by atoms with Crippen molar-refractivity contribution >= 4 is 17.7 Å². The molecule has 0 aromatic heterocycles. The summed E-state index contributed by atoms with van der Waals surface area (Å²) < 4.78 is 5.19. The van der Waals surface area contributed by atoms with Crippen molar-refractivity contribution < 1.29 is 14.4 Å². The van der Waals surface area contributed by atoms with Crippen molar-refractivity contribution in [2.45, 2.75) is 25.3 Å². The molecule has 1 saturated heterocycles. The molecule has 1 amide bonds. The number of aryl methyl sites for hydroxylation is 1. The van der Waals surface area contributed by atoms with Crippen molar-refractivity contribution in [1.29, 1.82) is 0 Å². The second-order valence-electron chi connectivity index (χ2n) is 7.75. The summed E-state index contributed by atoms with van der Waals surface area (Å²) in [6.45, 7) is 4.33. The predicted octanol–water partition coefficient (Wildman–Crippen LogP) is 2.43. The van der Waals surface area contributed by atoms with Gasteiger partial charge in [0.1, 0.15) is 5.75 Å². The van der Waals surface area contributed by atoms with Crippen LogP contribution in [0.15, 0.2) is 48.5 Å². The minimum Gasteiger partial charge on any atom is -0.497 e. The molecule has 2 aliphatic heterocycles. The Hall–Kier alpha value is -2.59. The summed E-state index contributed by atoms with van der Waals surface area (Å²) in [6, 6.07) is 14.5. The van der Waals surface area contributed by atoms with E-state index in [9.17, 15) is 4.79 Å². The minimum atomic E-state index is 0.0722. The highest BCUT2D eigenvalue weighted by molar-refractivity contribution is 6.06. The van der Waals surface area contributed by atoms with E-state index in [1.165, 1.54) is 11.1 Å². The molecule has 0 radical (unpaired) electrons.